The number of nitrogens with zero attached hydrogens (tertiary/aromatic N) is 1. The Labute approximate surface area is 168 Å². The number of hydrogen-bond acceptors (Lipinski definition) is 7. The van der Waals surface area contributed by atoms with E-state index in [0.717, 1.165) is 10.8 Å². The lowest BCUT2D eigenvalue weighted by molar-refractivity contribution is 0.102. The number of aromatic nitrogens is 2. The van der Waals surface area contributed by atoms with Crippen LogP contribution in [0.5, 0.6) is 23.0 Å². The van der Waals surface area contributed by atoms with Crippen molar-refractivity contribution in [3.8, 4) is 23.0 Å². The highest BCUT2D eigenvalue weighted by atomic mass is 16.7. The molecule has 30 heavy (non-hydrogen) atoms. The highest BCUT2D eigenvalue weighted by Gasteiger charge is 2.19. The third kappa shape index (κ3) is 3.13. The van der Waals surface area contributed by atoms with Crippen molar-refractivity contribution in [3.05, 3.63) is 74.6 Å². The molecule has 0 saturated carbocycles. The molecule has 10 heteroatoms. The number of amides is 1. The number of aromatic amines is 1. The quantitative estimate of drug-likeness (QED) is 0.666. The second-order valence-corrected chi connectivity index (χ2v) is 6.61. The largest absolute Gasteiger partial charge is 0.454 e. The van der Waals surface area contributed by atoms with Crippen LogP contribution in [-0.4, -0.2) is 29.0 Å². The number of fused-ring (bicyclic) bond motifs is 2. The summed E-state index contributed by atoms with van der Waals surface area (Å²) in [7, 11) is 0. The van der Waals surface area contributed by atoms with Crippen molar-refractivity contribution < 1.29 is 23.7 Å². The fraction of sp³-hybridized carbons (Fsp3) is 0.150. The molecule has 10 nitrogen and oxygen atoms in total. The average Bonchev–Trinajstić information content (AvgIpc) is 3.39. The summed E-state index contributed by atoms with van der Waals surface area (Å²) in [6.45, 7) is 0.196. The van der Waals surface area contributed by atoms with Gasteiger partial charge in [0.2, 0.25) is 13.6 Å². The van der Waals surface area contributed by atoms with Crippen LogP contribution in [0.15, 0.2) is 52.2 Å². The molecule has 2 aliphatic rings. The minimum atomic E-state index is -0.713. The molecule has 2 aliphatic heterocycles. The number of ether oxygens (including phenoxy) is 4. The van der Waals surface area contributed by atoms with E-state index in [1.807, 2.05) is 0 Å². The van der Waals surface area contributed by atoms with Crippen LogP contribution in [0.4, 0.5) is 5.69 Å². The fourth-order valence-electron chi connectivity index (χ4n) is 3.21. The van der Waals surface area contributed by atoms with Crippen LogP contribution >= 0.6 is 0 Å². The van der Waals surface area contributed by atoms with Gasteiger partial charge < -0.3 is 29.2 Å². The molecule has 5 rings (SSSR count). The van der Waals surface area contributed by atoms with Crippen molar-refractivity contribution in [3.63, 3.8) is 0 Å². The van der Waals surface area contributed by atoms with Crippen LogP contribution in [0.25, 0.3) is 0 Å². The molecule has 2 aromatic carbocycles. The van der Waals surface area contributed by atoms with E-state index in [0.29, 0.717) is 34.2 Å². The van der Waals surface area contributed by atoms with Crippen LogP contribution in [-0.2, 0) is 6.54 Å². The van der Waals surface area contributed by atoms with E-state index >= 15 is 0 Å². The summed E-state index contributed by atoms with van der Waals surface area (Å²) in [5.41, 5.74) is -0.461. The van der Waals surface area contributed by atoms with Gasteiger partial charge in [0, 0.05) is 18.0 Å². The molecular weight excluding hydrogens is 394 g/mol. The molecule has 0 spiro atoms. The van der Waals surface area contributed by atoms with Crippen LogP contribution in [0.2, 0.25) is 0 Å². The summed E-state index contributed by atoms with van der Waals surface area (Å²) in [5.74, 6) is 1.54. The summed E-state index contributed by atoms with van der Waals surface area (Å²) < 4.78 is 22.0. The van der Waals surface area contributed by atoms with E-state index in [1.54, 1.807) is 36.4 Å². The number of H-pyrrole nitrogens is 1. The SMILES string of the molecule is O=C(Nc1ccc2c(c1)OCO2)c1c[nH]c(=O)n(Cc2ccc3c(c2)OCO3)c1=O. The number of benzene rings is 2. The lowest BCUT2D eigenvalue weighted by Crippen LogP contribution is -2.39. The molecule has 0 radical (unpaired) electrons. The average molecular weight is 409 g/mol. The van der Waals surface area contributed by atoms with Gasteiger partial charge in [-0.3, -0.25) is 14.2 Å². The molecule has 0 bridgehead atoms. The summed E-state index contributed by atoms with van der Waals surface area (Å²) >= 11 is 0. The van der Waals surface area contributed by atoms with Crippen molar-refractivity contribution in [2.45, 2.75) is 6.54 Å². The van der Waals surface area contributed by atoms with Gasteiger partial charge in [0.25, 0.3) is 11.5 Å². The topological polar surface area (TPSA) is 121 Å². The van der Waals surface area contributed by atoms with E-state index < -0.39 is 17.2 Å². The van der Waals surface area contributed by atoms with Gasteiger partial charge in [-0.05, 0) is 29.8 Å². The van der Waals surface area contributed by atoms with Crippen molar-refractivity contribution in [1.29, 1.82) is 0 Å². The second kappa shape index (κ2) is 6.99. The summed E-state index contributed by atoms with van der Waals surface area (Å²) in [4.78, 5) is 40.1. The Morgan fingerprint density at radius 1 is 0.933 bits per heavy atom. The number of carbonyl (C=O) groups is 1. The minimum Gasteiger partial charge on any atom is -0.454 e. The standard InChI is InChI=1S/C20H15N3O7/c24-18(22-12-2-4-15-17(6-12)30-10-28-15)13-7-21-20(26)23(19(13)25)8-11-1-3-14-16(5-11)29-9-27-14/h1-7H,8-10H2,(H,21,26)(H,22,24). The maximum absolute atomic E-state index is 12.8. The lowest BCUT2D eigenvalue weighted by atomic mass is 10.2. The number of rotatable bonds is 4. The molecule has 0 aliphatic carbocycles. The predicted molar refractivity (Wildman–Crippen MR) is 104 cm³/mol. The molecule has 152 valence electrons. The first-order valence-electron chi connectivity index (χ1n) is 9.00. The zero-order valence-corrected chi connectivity index (χ0v) is 15.5. The van der Waals surface area contributed by atoms with Crippen LogP contribution in [0.1, 0.15) is 15.9 Å². The Morgan fingerprint density at radius 2 is 1.60 bits per heavy atom. The maximum atomic E-state index is 12.8. The van der Waals surface area contributed by atoms with E-state index in [1.165, 1.54) is 0 Å². The third-order valence-corrected chi connectivity index (χ3v) is 4.71. The monoisotopic (exact) mass is 409 g/mol. The minimum absolute atomic E-state index is 0.0318. The van der Waals surface area contributed by atoms with Gasteiger partial charge in [0.05, 0.1) is 6.54 Å². The highest BCUT2D eigenvalue weighted by Crippen LogP contribution is 2.34. The van der Waals surface area contributed by atoms with Gasteiger partial charge in [-0.1, -0.05) is 6.07 Å². The normalized spacial score (nSPS) is 13.3. The van der Waals surface area contributed by atoms with Crippen molar-refractivity contribution in [2.24, 2.45) is 0 Å². The van der Waals surface area contributed by atoms with Crippen molar-refractivity contribution >= 4 is 11.6 Å². The molecule has 1 amide bonds. The molecule has 1 aromatic heterocycles. The number of anilines is 1. The molecule has 0 saturated heterocycles. The molecule has 2 N–H and O–H groups in total. The van der Waals surface area contributed by atoms with Crippen LogP contribution < -0.4 is 35.5 Å². The molecule has 0 atom stereocenters. The number of hydrogen-bond donors (Lipinski definition) is 2. The van der Waals surface area contributed by atoms with E-state index in [-0.39, 0.29) is 25.7 Å². The van der Waals surface area contributed by atoms with E-state index in [9.17, 15) is 14.4 Å². The molecular formula is C20H15N3O7. The van der Waals surface area contributed by atoms with Gasteiger partial charge in [0.1, 0.15) is 5.56 Å². The Bertz CT molecular complexity index is 1280. The van der Waals surface area contributed by atoms with E-state index in [2.05, 4.69) is 10.3 Å². The van der Waals surface area contributed by atoms with Gasteiger partial charge >= 0.3 is 5.69 Å². The zero-order chi connectivity index (χ0) is 20.7. The zero-order valence-electron chi connectivity index (χ0n) is 15.5. The third-order valence-electron chi connectivity index (χ3n) is 4.71. The summed E-state index contributed by atoms with van der Waals surface area (Å²) in [5, 5.41) is 2.63. The lowest BCUT2D eigenvalue weighted by Gasteiger charge is -2.09. The molecule has 0 unspecified atom stereocenters. The predicted octanol–water partition coefficient (Wildman–Crippen LogP) is 1.29. The smallest absolute Gasteiger partial charge is 0.328 e. The van der Waals surface area contributed by atoms with Crippen LogP contribution in [0.3, 0.4) is 0 Å². The second-order valence-electron chi connectivity index (χ2n) is 6.61. The summed E-state index contributed by atoms with van der Waals surface area (Å²) in [6.07, 6.45) is 1.10. The van der Waals surface area contributed by atoms with Gasteiger partial charge in [-0.2, -0.15) is 0 Å². The van der Waals surface area contributed by atoms with Gasteiger partial charge in [-0.15, -0.1) is 0 Å². The van der Waals surface area contributed by atoms with Crippen molar-refractivity contribution in [2.75, 3.05) is 18.9 Å². The molecule has 3 aromatic rings. The van der Waals surface area contributed by atoms with Gasteiger partial charge in [0.15, 0.2) is 23.0 Å². The van der Waals surface area contributed by atoms with E-state index in [4.69, 9.17) is 18.9 Å². The first-order chi connectivity index (χ1) is 14.6. The Hall–Kier alpha value is -4.21. The van der Waals surface area contributed by atoms with Crippen LogP contribution in [0, 0.1) is 0 Å². The fourth-order valence-corrected chi connectivity index (χ4v) is 3.21. The molecule has 3 heterocycles. The summed E-state index contributed by atoms with van der Waals surface area (Å²) in [6, 6.07) is 9.99. The van der Waals surface area contributed by atoms with Gasteiger partial charge in [-0.25, -0.2) is 4.79 Å². The Kier molecular flexibility index (Phi) is 4.16. The molecule has 0 fully saturated rings. The first-order valence-corrected chi connectivity index (χ1v) is 9.00. The highest BCUT2D eigenvalue weighted by molar-refractivity contribution is 6.03. The number of carbonyl (C=O) groups excluding carboxylic acids is 1. The first kappa shape index (κ1) is 17.9. The Balaban J connectivity index is 1.42. The van der Waals surface area contributed by atoms with Crippen molar-refractivity contribution in [1.82, 2.24) is 9.55 Å². The maximum Gasteiger partial charge on any atom is 0.328 e. The Morgan fingerprint density at radius 3 is 2.37 bits per heavy atom. The number of nitrogens with one attached hydrogen (secondary N) is 2.